The average molecular weight is 270 g/mol. The third-order valence-electron chi connectivity index (χ3n) is 3.60. The van der Waals surface area contributed by atoms with Crippen LogP contribution in [0, 0.1) is 6.92 Å². The molecule has 0 aliphatic rings. The fraction of sp³-hybridized carbons (Fsp3) is 0.412. The standard InChI is InChI=1S/C17H22N2O/c1-6-14-11(2)18-15(19-16(14)20)12-7-9-13(10-8-12)17(3,4)5/h7-10H,6H2,1-5H3,(H,18,19,20). The molecule has 1 aromatic heterocycles. The summed E-state index contributed by atoms with van der Waals surface area (Å²) in [5, 5.41) is 0. The summed E-state index contributed by atoms with van der Waals surface area (Å²) in [5.41, 5.74) is 3.88. The van der Waals surface area contributed by atoms with Crippen LogP contribution in [0.5, 0.6) is 0 Å². The van der Waals surface area contributed by atoms with E-state index in [0.29, 0.717) is 12.2 Å². The van der Waals surface area contributed by atoms with E-state index in [-0.39, 0.29) is 11.0 Å². The molecule has 0 saturated carbocycles. The normalized spacial score (nSPS) is 11.7. The minimum Gasteiger partial charge on any atom is -0.306 e. The Morgan fingerprint density at radius 3 is 2.20 bits per heavy atom. The minimum atomic E-state index is -0.0325. The lowest BCUT2D eigenvalue weighted by molar-refractivity contribution is 0.590. The van der Waals surface area contributed by atoms with E-state index in [1.807, 2.05) is 26.0 Å². The molecular formula is C17H22N2O. The maximum atomic E-state index is 12.0. The molecule has 0 saturated heterocycles. The maximum absolute atomic E-state index is 12.0. The number of aromatic nitrogens is 2. The van der Waals surface area contributed by atoms with Crippen LogP contribution in [-0.4, -0.2) is 9.97 Å². The van der Waals surface area contributed by atoms with Crippen LogP contribution < -0.4 is 5.56 Å². The average Bonchev–Trinajstić information content (AvgIpc) is 2.37. The minimum absolute atomic E-state index is 0.0325. The zero-order chi connectivity index (χ0) is 14.9. The molecule has 1 heterocycles. The first kappa shape index (κ1) is 14.5. The van der Waals surface area contributed by atoms with E-state index in [9.17, 15) is 4.79 Å². The molecule has 0 spiro atoms. The van der Waals surface area contributed by atoms with E-state index >= 15 is 0 Å². The van der Waals surface area contributed by atoms with Crippen molar-refractivity contribution >= 4 is 0 Å². The lowest BCUT2D eigenvalue weighted by atomic mass is 9.86. The Kier molecular flexibility index (Phi) is 3.80. The highest BCUT2D eigenvalue weighted by molar-refractivity contribution is 5.56. The molecular weight excluding hydrogens is 248 g/mol. The van der Waals surface area contributed by atoms with Gasteiger partial charge in [0.2, 0.25) is 0 Å². The lowest BCUT2D eigenvalue weighted by Crippen LogP contribution is -2.16. The van der Waals surface area contributed by atoms with Crippen LogP contribution in [0.15, 0.2) is 29.1 Å². The zero-order valence-corrected chi connectivity index (χ0v) is 12.9. The van der Waals surface area contributed by atoms with Crippen molar-refractivity contribution < 1.29 is 0 Å². The Bertz CT molecular complexity index is 661. The quantitative estimate of drug-likeness (QED) is 0.906. The van der Waals surface area contributed by atoms with Crippen LogP contribution in [0.3, 0.4) is 0 Å². The predicted octanol–water partition coefficient (Wildman–Crippen LogP) is 3.61. The van der Waals surface area contributed by atoms with Crippen LogP contribution in [0.25, 0.3) is 11.4 Å². The summed E-state index contributed by atoms with van der Waals surface area (Å²) in [4.78, 5) is 19.4. The number of rotatable bonds is 2. The summed E-state index contributed by atoms with van der Waals surface area (Å²) in [6.07, 6.45) is 0.706. The van der Waals surface area contributed by atoms with Crippen molar-refractivity contribution in [2.45, 2.75) is 46.5 Å². The molecule has 0 atom stereocenters. The number of hydrogen-bond donors (Lipinski definition) is 1. The SMILES string of the molecule is CCc1c(C)nc(-c2ccc(C(C)(C)C)cc2)[nH]c1=O. The van der Waals surface area contributed by atoms with E-state index in [1.54, 1.807) is 0 Å². The lowest BCUT2D eigenvalue weighted by Gasteiger charge is -2.19. The number of benzene rings is 1. The van der Waals surface area contributed by atoms with Crippen LogP contribution in [0.1, 0.15) is 44.5 Å². The van der Waals surface area contributed by atoms with Gasteiger partial charge >= 0.3 is 0 Å². The molecule has 0 fully saturated rings. The molecule has 0 unspecified atom stereocenters. The van der Waals surface area contributed by atoms with Gasteiger partial charge in [-0.25, -0.2) is 4.98 Å². The van der Waals surface area contributed by atoms with Crippen LogP contribution in [-0.2, 0) is 11.8 Å². The van der Waals surface area contributed by atoms with Gasteiger partial charge in [0.1, 0.15) is 5.82 Å². The van der Waals surface area contributed by atoms with Gasteiger partial charge in [0.25, 0.3) is 5.56 Å². The number of H-pyrrole nitrogens is 1. The summed E-state index contributed by atoms with van der Waals surface area (Å²) in [7, 11) is 0. The van der Waals surface area contributed by atoms with Gasteiger partial charge in [-0.15, -0.1) is 0 Å². The molecule has 3 nitrogen and oxygen atoms in total. The first-order valence-electron chi connectivity index (χ1n) is 7.03. The molecule has 0 amide bonds. The van der Waals surface area contributed by atoms with E-state index in [0.717, 1.165) is 16.8 Å². The molecule has 2 rings (SSSR count). The largest absolute Gasteiger partial charge is 0.306 e. The van der Waals surface area contributed by atoms with Crippen molar-refractivity contribution in [2.75, 3.05) is 0 Å². The van der Waals surface area contributed by atoms with Crippen LogP contribution in [0.2, 0.25) is 0 Å². The van der Waals surface area contributed by atoms with Crippen molar-refractivity contribution in [1.82, 2.24) is 9.97 Å². The molecule has 0 aliphatic carbocycles. The second kappa shape index (κ2) is 5.23. The number of nitrogens with zero attached hydrogens (tertiary/aromatic N) is 1. The highest BCUT2D eigenvalue weighted by Gasteiger charge is 2.14. The molecule has 0 bridgehead atoms. The first-order valence-corrected chi connectivity index (χ1v) is 7.03. The first-order chi connectivity index (χ1) is 9.32. The monoisotopic (exact) mass is 270 g/mol. The molecule has 2 aromatic rings. The smallest absolute Gasteiger partial charge is 0.254 e. The maximum Gasteiger partial charge on any atom is 0.254 e. The highest BCUT2D eigenvalue weighted by atomic mass is 16.1. The van der Waals surface area contributed by atoms with Gasteiger partial charge in [0.15, 0.2) is 0 Å². The third-order valence-corrected chi connectivity index (χ3v) is 3.60. The molecule has 0 aliphatic heterocycles. The summed E-state index contributed by atoms with van der Waals surface area (Å²) < 4.78 is 0. The number of nitrogens with one attached hydrogen (secondary N) is 1. The molecule has 3 heteroatoms. The van der Waals surface area contributed by atoms with Gasteiger partial charge in [-0.05, 0) is 24.3 Å². The number of hydrogen-bond acceptors (Lipinski definition) is 2. The van der Waals surface area contributed by atoms with Gasteiger partial charge < -0.3 is 4.98 Å². The van der Waals surface area contributed by atoms with E-state index in [2.05, 4.69) is 42.9 Å². The molecule has 20 heavy (non-hydrogen) atoms. The highest BCUT2D eigenvalue weighted by Crippen LogP contribution is 2.24. The second-order valence-corrected chi connectivity index (χ2v) is 6.16. The van der Waals surface area contributed by atoms with Crippen molar-refractivity contribution in [3.05, 3.63) is 51.4 Å². The Morgan fingerprint density at radius 1 is 1.15 bits per heavy atom. The van der Waals surface area contributed by atoms with Crippen molar-refractivity contribution in [1.29, 1.82) is 0 Å². The fourth-order valence-corrected chi connectivity index (χ4v) is 2.29. The summed E-state index contributed by atoms with van der Waals surface area (Å²) in [6.45, 7) is 10.4. The Morgan fingerprint density at radius 2 is 1.75 bits per heavy atom. The van der Waals surface area contributed by atoms with Crippen molar-refractivity contribution in [2.24, 2.45) is 0 Å². The summed E-state index contributed by atoms with van der Waals surface area (Å²) in [6, 6.07) is 8.23. The van der Waals surface area contributed by atoms with Gasteiger partial charge in [-0.2, -0.15) is 0 Å². The Balaban J connectivity index is 2.45. The third kappa shape index (κ3) is 2.82. The van der Waals surface area contributed by atoms with Crippen LogP contribution in [0.4, 0.5) is 0 Å². The molecule has 1 N–H and O–H groups in total. The van der Waals surface area contributed by atoms with E-state index in [1.165, 1.54) is 5.56 Å². The van der Waals surface area contributed by atoms with Crippen molar-refractivity contribution in [3.63, 3.8) is 0 Å². The van der Waals surface area contributed by atoms with E-state index < -0.39 is 0 Å². The Labute approximate surface area is 120 Å². The topological polar surface area (TPSA) is 45.8 Å². The fourth-order valence-electron chi connectivity index (χ4n) is 2.29. The van der Waals surface area contributed by atoms with Gasteiger partial charge in [-0.1, -0.05) is 52.0 Å². The second-order valence-electron chi connectivity index (χ2n) is 6.16. The zero-order valence-electron chi connectivity index (χ0n) is 12.9. The van der Waals surface area contributed by atoms with Crippen LogP contribution >= 0.6 is 0 Å². The Hall–Kier alpha value is -1.90. The van der Waals surface area contributed by atoms with E-state index in [4.69, 9.17) is 0 Å². The number of aryl methyl sites for hydroxylation is 1. The van der Waals surface area contributed by atoms with Gasteiger partial charge in [0, 0.05) is 16.8 Å². The van der Waals surface area contributed by atoms with Crippen molar-refractivity contribution in [3.8, 4) is 11.4 Å². The van der Waals surface area contributed by atoms with Gasteiger partial charge in [0.05, 0.1) is 0 Å². The summed E-state index contributed by atoms with van der Waals surface area (Å²) >= 11 is 0. The molecule has 0 radical (unpaired) electrons. The molecule has 1 aromatic carbocycles. The summed E-state index contributed by atoms with van der Waals surface area (Å²) in [5.74, 6) is 0.644. The molecule has 106 valence electrons. The van der Waals surface area contributed by atoms with Gasteiger partial charge in [-0.3, -0.25) is 4.79 Å². The predicted molar refractivity (Wildman–Crippen MR) is 83.1 cm³/mol. The number of aromatic amines is 1.